The van der Waals surface area contributed by atoms with Gasteiger partial charge in [0.05, 0.1) is 11.6 Å². The van der Waals surface area contributed by atoms with Gasteiger partial charge in [-0.15, -0.1) is 0 Å². The first-order valence-electron chi connectivity index (χ1n) is 13.3. The second kappa shape index (κ2) is 12.7. The molecular formula is C29H38N4O3. The number of nitro groups is 1. The van der Waals surface area contributed by atoms with Crippen LogP contribution in [-0.4, -0.2) is 29.0 Å². The Labute approximate surface area is 213 Å². The zero-order valence-electron chi connectivity index (χ0n) is 21.6. The number of aromatic nitrogens is 2. The molecule has 36 heavy (non-hydrogen) atoms. The van der Waals surface area contributed by atoms with Crippen LogP contribution in [0.15, 0.2) is 46.9 Å². The maximum atomic E-state index is 10.7. The number of anilines is 1. The zero-order valence-corrected chi connectivity index (χ0v) is 21.6. The van der Waals surface area contributed by atoms with E-state index in [4.69, 9.17) is 14.4 Å². The third-order valence-corrected chi connectivity index (χ3v) is 7.34. The van der Waals surface area contributed by atoms with Crippen LogP contribution in [-0.2, 0) is 6.42 Å². The van der Waals surface area contributed by atoms with Crippen LogP contribution in [0.1, 0.15) is 75.8 Å². The lowest BCUT2D eigenvalue weighted by Gasteiger charge is -2.28. The second-order valence-electron chi connectivity index (χ2n) is 10.3. The molecule has 2 aromatic heterocycles. The number of aryl methyl sites for hydroxylation is 1. The van der Waals surface area contributed by atoms with Gasteiger partial charge in [0, 0.05) is 25.9 Å². The number of allylic oxidation sites excluding steroid dienone is 1. The summed E-state index contributed by atoms with van der Waals surface area (Å²) in [6.07, 6.45) is 17.4. The molecule has 7 heteroatoms. The first-order chi connectivity index (χ1) is 17.5. The molecular weight excluding hydrogens is 452 g/mol. The van der Waals surface area contributed by atoms with Crippen LogP contribution in [0.3, 0.4) is 0 Å². The summed E-state index contributed by atoms with van der Waals surface area (Å²) in [6, 6.07) is 11.3. The number of hydrogen-bond acceptors (Lipinski definition) is 6. The number of fused-ring (bicyclic) bond motifs is 1. The normalized spacial score (nSPS) is 18.2. The second-order valence-corrected chi connectivity index (χ2v) is 10.3. The summed E-state index contributed by atoms with van der Waals surface area (Å²) in [7, 11) is 4.09. The van der Waals surface area contributed by atoms with Crippen molar-refractivity contribution in [2.24, 2.45) is 11.8 Å². The molecule has 0 radical (unpaired) electrons. The van der Waals surface area contributed by atoms with Crippen molar-refractivity contribution in [3.05, 3.63) is 64.2 Å². The Morgan fingerprint density at radius 3 is 2.42 bits per heavy atom. The van der Waals surface area contributed by atoms with Crippen molar-refractivity contribution in [1.29, 1.82) is 0 Å². The molecule has 3 aromatic rings. The number of hydrogen-bond donors (Lipinski definition) is 0. The van der Waals surface area contributed by atoms with Crippen molar-refractivity contribution in [3.63, 3.8) is 0 Å². The van der Waals surface area contributed by atoms with E-state index in [0.717, 1.165) is 60.1 Å². The standard InChI is InChI=1S/C29H38N4O3/c1-32(2)29-25-13-7-8-14-26(25)30-27(31-29)15-9-11-23-18-16-22(17-19-23)10-5-3-4-6-12-24-20-21-28(36-24)33(34)35/h6-8,12-14,20-23H,3-5,9-11,15-19H2,1-2H3/b12-6+. The van der Waals surface area contributed by atoms with E-state index in [9.17, 15) is 10.1 Å². The number of rotatable bonds is 12. The van der Waals surface area contributed by atoms with Gasteiger partial charge in [-0.25, -0.2) is 9.97 Å². The molecule has 1 fully saturated rings. The molecule has 0 aliphatic heterocycles. The Morgan fingerprint density at radius 1 is 1.00 bits per heavy atom. The summed E-state index contributed by atoms with van der Waals surface area (Å²) in [5, 5.41) is 11.8. The topological polar surface area (TPSA) is 85.3 Å². The molecule has 0 spiro atoms. The third-order valence-electron chi connectivity index (χ3n) is 7.34. The average Bonchev–Trinajstić information content (AvgIpc) is 3.36. The fourth-order valence-electron chi connectivity index (χ4n) is 5.34. The van der Waals surface area contributed by atoms with Gasteiger partial charge in [-0.1, -0.05) is 63.2 Å². The molecule has 1 aliphatic rings. The number of para-hydroxylation sites is 1. The molecule has 7 nitrogen and oxygen atoms in total. The Morgan fingerprint density at radius 2 is 1.72 bits per heavy atom. The van der Waals surface area contributed by atoms with Crippen molar-refractivity contribution in [2.75, 3.05) is 19.0 Å². The van der Waals surface area contributed by atoms with Crippen molar-refractivity contribution < 1.29 is 9.34 Å². The summed E-state index contributed by atoms with van der Waals surface area (Å²) in [6.45, 7) is 0. The fourth-order valence-corrected chi connectivity index (χ4v) is 5.34. The van der Waals surface area contributed by atoms with Gasteiger partial charge in [-0.2, -0.15) is 0 Å². The predicted octanol–water partition coefficient (Wildman–Crippen LogP) is 7.60. The first kappa shape index (κ1) is 25.9. The van der Waals surface area contributed by atoms with E-state index in [1.807, 2.05) is 32.3 Å². The molecule has 0 N–H and O–H groups in total. The monoisotopic (exact) mass is 490 g/mol. The first-order valence-corrected chi connectivity index (χ1v) is 13.3. The van der Waals surface area contributed by atoms with Crippen molar-refractivity contribution in [1.82, 2.24) is 9.97 Å². The smallest absolute Gasteiger partial charge is 0.401 e. The third kappa shape index (κ3) is 7.15. The highest BCUT2D eigenvalue weighted by atomic mass is 16.6. The quantitative estimate of drug-likeness (QED) is 0.148. The molecule has 0 unspecified atom stereocenters. The highest BCUT2D eigenvalue weighted by Gasteiger charge is 2.21. The number of nitrogens with zero attached hydrogens (tertiary/aromatic N) is 4. The molecule has 1 saturated carbocycles. The minimum absolute atomic E-state index is 0.203. The Hall–Kier alpha value is -3.22. The molecule has 2 heterocycles. The number of benzene rings is 1. The molecule has 0 atom stereocenters. The van der Waals surface area contributed by atoms with Gasteiger partial charge in [0.2, 0.25) is 0 Å². The molecule has 0 amide bonds. The van der Waals surface area contributed by atoms with Gasteiger partial charge in [0.25, 0.3) is 0 Å². The number of furan rings is 1. The Kier molecular flexibility index (Phi) is 9.09. The van der Waals surface area contributed by atoms with E-state index in [0.29, 0.717) is 5.76 Å². The maximum absolute atomic E-state index is 10.7. The molecule has 192 valence electrons. The molecule has 0 bridgehead atoms. The lowest BCUT2D eigenvalue weighted by Crippen LogP contribution is -2.15. The van der Waals surface area contributed by atoms with E-state index in [1.54, 1.807) is 6.07 Å². The van der Waals surface area contributed by atoms with Gasteiger partial charge in [-0.05, 0) is 55.4 Å². The highest BCUT2D eigenvalue weighted by molar-refractivity contribution is 5.89. The minimum Gasteiger partial charge on any atom is -0.401 e. The summed E-state index contributed by atoms with van der Waals surface area (Å²) in [4.78, 5) is 21.9. The highest BCUT2D eigenvalue weighted by Crippen LogP contribution is 2.34. The molecule has 0 saturated heterocycles. The van der Waals surface area contributed by atoms with Crippen LogP contribution < -0.4 is 4.90 Å². The van der Waals surface area contributed by atoms with Gasteiger partial charge in [-0.3, -0.25) is 10.1 Å². The van der Waals surface area contributed by atoms with Gasteiger partial charge >= 0.3 is 5.88 Å². The average molecular weight is 491 g/mol. The summed E-state index contributed by atoms with van der Waals surface area (Å²) in [5.74, 6) is 4.03. The van der Waals surface area contributed by atoms with E-state index in [1.165, 1.54) is 51.0 Å². The lowest BCUT2D eigenvalue weighted by atomic mass is 9.78. The van der Waals surface area contributed by atoms with Gasteiger partial charge in [0.1, 0.15) is 22.3 Å². The van der Waals surface area contributed by atoms with E-state index in [-0.39, 0.29) is 5.88 Å². The van der Waals surface area contributed by atoms with Crippen molar-refractivity contribution in [3.8, 4) is 0 Å². The SMILES string of the molecule is CN(C)c1nc(CCCC2CCC(CCCC/C=C/c3ccc([N+](=O)[O-])o3)CC2)nc2ccccc12. The van der Waals surface area contributed by atoms with Crippen LogP contribution in [0.4, 0.5) is 11.7 Å². The van der Waals surface area contributed by atoms with Crippen LogP contribution in [0.25, 0.3) is 17.0 Å². The van der Waals surface area contributed by atoms with Crippen molar-refractivity contribution in [2.45, 2.75) is 70.6 Å². The fraction of sp³-hybridized carbons (Fsp3) is 0.517. The molecule has 1 aromatic carbocycles. The summed E-state index contributed by atoms with van der Waals surface area (Å²) >= 11 is 0. The Balaban J connectivity index is 1.11. The Bertz CT molecular complexity index is 1160. The van der Waals surface area contributed by atoms with Crippen LogP contribution in [0.5, 0.6) is 0 Å². The van der Waals surface area contributed by atoms with Gasteiger partial charge in [0.15, 0.2) is 0 Å². The lowest BCUT2D eigenvalue weighted by molar-refractivity contribution is -0.402. The minimum atomic E-state index is -0.508. The molecule has 1 aliphatic carbocycles. The van der Waals surface area contributed by atoms with E-state index < -0.39 is 4.92 Å². The van der Waals surface area contributed by atoms with E-state index >= 15 is 0 Å². The van der Waals surface area contributed by atoms with E-state index in [2.05, 4.69) is 23.1 Å². The van der Waals surface area contributed by atoms with Crippen molar-refractivity contribution >= 4 is 28.7 Å². The number of unbranched alkanes of at least 4 members (excludes halogenated alkanes) is 2. The summed E-state index contributed by atoms with van der Waals surface area (Å²) in [5.41, 5.74) is 1.03. The maximum Gasteiger partial charge on any atom is 0.433 e. The molecule has 4 rings (SSSR count). The van der Waals surface area contributed by atoms with Gasteiger partial charge < -0.3 is 9.32 Å². The largest absolute Gasteiger partial charge is 0.433 e. The summed E-state index contributed by atoms with van der Waals surface area (Å²) < 4.78 is 5.15. The zero-order chi connectivity index (χ0) is 25.3. The van der Waals surface area contributed by atoms with Crippen LogP contribution >= 0.6 is 0 Å². The van der Waals surface area contributed by atoms with Crippen LogP contribution in [0, 0.1) is 22.0 Å². The predicted molar refractivity (Wildman–Crippen MR) is 145 cm³/mol. The van der Waals surface area contributed by atoms with Crippen LogP contribution in [0.2, 0.25) is 0 Å².